The summed E-state index contributed by atoms with van der Waals surface area (Å²) in [7, 11) is 0. The molecule has 2 rings (SSSR count). The summed E-state index contributed by atoms with van der Waals surface area (Å²) in [6.45, 7) is 3.82. The van der Waals surface area contributed by atoms with Crippen molar-refractivity contribution in [2.45, 2.75) is 32.2 Å². The monoisotopic (exact) mass is 262 g/mol. The van der Waals surface area contributed by atoms with Gasteiger partial charge in [-0.15, -0.1) is 0 Å². The molecule has 0 radical (unpaired) electrons. The summed E-state index contributed by atoms with van der Waals surface area (Å²) in [4.78, 5) is 14.2. The molecule has 1 heterocycles. The molecular formula is C15H22N2O2. The summed E-state index contributed by atoms with van der Waals surface area (Å²) < 4.78 is 0. The molecule has 1 fully saturated rings. The Hall–Kier alpha value is -1.55. The van der Waals surface area contributed by atoms with Crippen LogP contribution in [0.4, 0.5) is 0 Å². The van der Waals surface area contributed by atoms with E-state index in [1.807, 2.05) is 4.90 Å². The number of hydrogen-bond donors (Lipinski definition) is 2. The number of aromatic hydroxyl groups is 1. The van der Waals surface area contributed by atoms with Crippen molar-refractivity contribution < 1.29 is 9.90 Å². The molecule has 2 unspecified atom stereocenters. The Morgan fingerprint density at radius 1 is 1.47 bits per heavy atom. The predicted octanol–water partition coefficient (Wildman–Crippen LogP) is 1.52. The molecule has 1 amide bonds. The van der Waals surface area contributed by atoms with Crippen molar-refractivity contribution in [3.63, 3.8) is 0 Å². The Bertz CT molecular complexity index is 430. The van der Waals surface area contributed by atoms with Gasteiger partial charge in [0.1, 0.15) is 5.75 Å². The first-order chi connectivity index (χ1) is 9.06. The zero-order chi connectivity index (χ0) is 13.8. The number of nitrogens with two attached hydrogens (primary N) is 1. The van der Waals surface area contributed by atoms with Crippen molar-refractivity contribution in [1.82, 2.24) is 4.90 Å². The van der Waals surface area contributed by atoms with E-state index in [2.05, 4.69) is 6.92 Å². The lowest BCUT2D eigenvalue weighted by Crippen LogP contribution is -2.48. The number of piperidine rings is 1. The molecule has 4 heteroatoms. The van der Waals surface area contributed by atoms with E-state index in [4.69, 9.17) is 5.73 Å². The lowest BCUT2D eigenvalue weighted by molar-refractivity contribution is -0.134. The molecule has 0 aliphatic carbocycles. The van der Waals surface area contributed by atoms with Gasteiger partial charge in [0.15, 0.2) is 0 Å². The van der Waals surface area contributed by atoms with Gasteiger partial charge in [-0.25, -0.2) is 0 Å². The third kappa shape index (κ3) is 3.70. The second-order valence-electron chi connectivity index (χ2n) is 5.51. The molecule has 104 valence electrons. The highest BCUT2D eigenvalue weighted by Crippen LogP contribution is 2.17. The Balaban J connectivity index is 1.93. The topological polar surface area (TPSA) is 66.6 Å². The van der Waals surface area contributed by atoms with E-state index in [1.54, 1.807) is 24.3 Å². The maximum absolute atomic E-state index is 12.3. The third-order valence-corrected chi connectivity index (χ3v) is 3.68. The number of amides is 1. The van der Waals surface area contributed by atoms with Gasteiger partial charge in [-0.1, -0.05) is 19.1 Å². The van der Waals surface area contributed by atoms with E-state index in [0.29, 0.717) is 12.3 Å². The van der Waals surface area contributed by atoms with Gasteiger partial charge in [-0.2, -0.15) is 0 Å². The number of phenolic OH excluding ortho intramolecular Hbond substituents is 1. The zero-order valence-electron chi connectivity index (χ0n) is 11.4. The standard InChI is InChI=1S/C15H22N2O2/c1-11-3-2-8-17(10-11)15(19)14(16)9-12-4-6-13(18)7-5-12/h4-7,11,14,18H,2-3,8-10,16H2,1H3. The molecule has 0 aromatic heterocycles. The van der Waals surface area contributed by atoms with Crippen LogP contribution in [0.5, 0.6) is 5.75 Å². The van der Waals surface area contributed by atoms with Crippen LogP contribution >= 0.6 is 0 Å². The number of hydrogen-bond acceptors (Lipinski definition) is 3. The van der Waals surface area contributed by atoms with E-state index < -0.39 is 6.04 Å². The second-order valence-corrected chi connectivity index (χ2v) is 5.51. The number of carbonyl (C=O) groups excluding carboxylic acids is 1. The average molecular weight is 262 g/mol. The quantitative estimate of drug-likeness (QED) is 0.868. The lowest BCUT2D eigenvalue weighted by atomic mass is 9.98. The van der Waals surface area contributed by atoms with Crippen LogP contribution in [0, 0.1) is 5.92 Å². The maximum atomic E-state index is 12.3. The van der Waals surface area contributed by atoms with E-state index in [-0.39, 0.29) is 11.7 Å². The van der Waals surface area contributed by atoms with Crippen LogP contribution in [0.1, 0.15) is 25.3 Å². The van der Waals surface area contributed by atoms with E-state index in [9.17, 15) is 9.90 Å². The minimum Gasteiger partial charge on any atom is -0.508 e. The average Bonchev–Trinajstić information content (AvgIpc) is 2.40. The van der Waals surface area contributed by atoms with Gasteiger partial charge in [0.05, 0.1) is 6.04 Å². The molecule has 0 saturated carbocycles. The normalized spacial score (nSPS) is 21.2. The minimum absolute atomic E-state index is 0.0413. The van der Waals surface area contributed by atoms with E-state index in [1.165, 1.54) is 6.42 Å². The van der Waals surface area contributed by atoms with Crippen molar-refractivity contribution >= 4 is 5.91 Å². The zero-order valence-corrected chi connectivity index (χ0v) is 11.4. The molecule has 1 aromatic rings. The van der Waals surface area contributed by atoms with Gasteiger partial charge in [0, 0.05) is 13.1 Å². The SMILES string of the molecule is CC1CCCN(C(=O)C(N)Cc2ccc(O)cc2)C1. The van der Waals surface area contributed by atoms with Crippen molar-refractivity contribution in [1.29, 1.82) is 0 Å². The van der Waals surface area contributed by atoms with Gasteiger partial charge in [-0.05, 0) is 42.9 Å². The molecular weight excluding hydrogens is 240 g/mol. The first kappa shape index (κ1) is 13.9. The highest BCUT2D eigenvalue weighted by molar-refractivity contribution is 5.82. The predicted molar refractivity (Wildman–Crippen MR) is 74.8 cm³/mol. The highest BCUT2D eigenvalue weighted by Gasteiger charge is 2.25. The number of carbonyl (C=O) groups is 1. The third-order valence-electron chi connectivity index (χ3n) is 3.68. The minimum atomic E-state index is -0.491. The number of benzene rings is 1. The summed E-state index contributed by atoms with van der Waals surface area (Å²) in [6.07, 6.45) is 2.78. The van der Waals surface area contributed by atoms with Crippen LogP contribution < -0.4 is 5.73 Å². The number of rotatable bonds is 3. The molecule has 19 heavy (non-hydrogen) atoms. The van der Waals surface area contributed by atoms with Crippen LogP contribution in [-0.4, -0.2) is 35.0 Å². The fourth-order valence-electron chi connectivity index (χ4n) is 2.60. The molecule has 1 aliphatic rings. The van der Waals surface area contributed by atoms with Gasteiger partial charge in [0.25, 0.3) is 0 Å². The summed E-state index contributed by atoms with van der Waals surface area (Å²) in [5, 5.41) is 9.23. The lowest BCUT2D eigenvalue weighted by Gasteiger charge is -2.32. The van der Waals surface area contributed by atoms with Crippen LogP contribution in [0.15, 0.2) is 24.3 Å². The number of likely N-dealkylation sites (tertiary alicyclic amines) is 1. The number of nitrogens with zero attached hydrogens (tertiary/aromatic N) is 1. The van der Waals surface area contributed by atoms with Crippen LogP contribution in [0.25, 0.3) is 0 Å². The first-order valence-corrected chi connectivity index (χ1v) is 6.88. The molecule has 0 spiro atoms. The van der Waals surface area contributed by atoms with Gasteiger partial charge in [-0.3, -0.25) is 4.79 Å². The summed E-state index contributed by atoms with van der Waals surface area (Å²) in [5.41, 5.74) is 6.99. The van der Waals surface area contributed by atoms with Crippen molar-refractivity contribution in [2.75, 3.05) is 13.1 Å². The molecule has 1 saturated heterocycles. The smallest absolute Gasteiger partial charge is 0.239 e. The first-order valence-electron chi connectivity index (χ1n) is 6.88. The van der Waals surface area contributed by atoms with Crippen molar-refractivity contribution in [3.05, 3.63) is 29.8 Å². The fraction of sp³-hybridized carbons (Fsp3) is 0.533. The Labute approximate surface area is 114 Å². The Morgan fingerprint density at radius 3 is 2.79 bits per heavy atom. The molecule has 3 N–H and O–H groups in total. The number of phenols is 1. The maximum Gasteiger partial charge on any atom is 0.239 e. The molecule has 0 bridgehead atoms. The highest BCUT2D eigenvalue weighted by atomic mass is 16.3. The van der Waals surface area contributed by atoms with Gasteiger partial charge < -0.3 is 15.7 Å². The van der Waals surface area contributed by atoms with Crippen LogP contribution in [0.3, 0.4) is 0 Å². The molecule has 1 aliphatic heterocycles. The van der Waals surface area contributed by atoms with E-state index in [0.717, 1.165) is 25.1 Å². The van der Waals surface area contributed by atoms with Crippen molar-refractivity contribution in [3.8, 4) is 5.75 Å². The molecule has 2 atom stereocenters. The van der Waals surface area contributed by atoms with Crippen molar-refractivity contribution in [2.24, 2.45) is 11.7 Å². The van der Waals surface area contributed by atoms with Gasteiger partial charge >= 0.3 is 0 Å². The summed E-state index contributed by atoms with van der Waals surface area (Å²) >= 11 is 0. The Kier molecular flexibility index (Phi) is 4.43. The summed E-state index contributed by atoms with van der Waals surface area (Å²) in [5.74, 6) is 0.840. The fourth-order valence-corrected chi connectivity index (χ4v) is 2.60. The largest absolute Gasteiger partial charge is 0.508 e. The second kappa shape index (κ2) is 6.06. The van der Waals surface area contributed by atoms with Crippen LogP contribution in [0.2, 0.25) is 0 Å². The van der Waals surface area contributed by atoms with Crippen LogP contribution in [-0.2, 0) is 11.2 Å². The van der Waals surface area contributed by atoms with E-state index >= 15 is 0 Å². The Morgan fingerprint density at radius 2 is 2.16 bits per heavy atom. The molecule has 4 nitrogen and oxygen atoms in total. The molecule has 1 aromatic carbocycles. The van der Waals surface area contributed by atoms with Gasteiger partial charge in [0.2, 0.25) is 5.91 Å². The summed E-state index contributed by atoms with van der Waals surface area (Å²) in [6, 6.07) is 6.36.